The van der Waals surface area contributed by atoms with Gasteiger partial charge < -0.3 is 4.90 Å². The van der Waals surface area contributed by atoms with Gasteiger partial charge in [0.1, 0.15) is 0 Å². The van der Waals surface area contributed by atoms with Crippen molar-refractivity contribution < 1.29 is 4.79 Å². The van der Waals surface area contributed by atoms with Gasteiger partial charge in [-0.1, -0.05) is 20.3 Å². The largest absolute Gasteiger partial charge is 0.346 e. The lowest BCUT2D eigenvalue weighted by Crippen LogP contribution is -2.31. The first-order valence-electron chi connectivity index (χ1n) is 4.46. The first-order valence-corrected chi connectivity index (χ1v) is 4.46. The van der Waals surface area contributed by atoms with E-state index in [0.29, 0.717) is 5.91 Å². The number of carbonyl (C=O) groups excluding carboxylic acids is 1. The molecule has 0 unspecified atom stereocenters. The van der Waals surface area contributed by atoms with Crippen LogP contribution in [-0.4, -0.2) is 24.4 Å². The summed E-state index contributed by atoms with van der Waals surface area (Å²) in [6.45, 7) is 5.21. The van der Waals surface area contributed by atoms with E-state index in [1.54, 1.807) is 4.90 Å². The molecule has 1 aliphatic rings. The fourth-order valence-corrected chi connectivity index (χ4v) is 0.941. The number of rotatable bonds is 0. The van der Waals surface area contributed by atoms with Gasteiger partial charge in [0.25, 0.3) is 0 Å². The van der Waals surface area contributed by atoms with Crippen LogP contribution in [0.3, 0.4) is 0 Å². The lowest BCUT2D eigenvalue weighted by Gasteiger charge is -2.21. The molecule has 0 aromatic heterocycles. The highest BCUT2D eigenvalue weighted by Gasteiger charge is 2.12. The Hall–Kier alpha value is -0.530. The van der Waals surface area contributed by atoms with E-state index in [1.807, 2.05) is 7.05 Å². The molecule has 0 spiro atoms. The molecule has 0 saturated carbocycles. The molecule has 1 heterocycles. The van der Waals surface area contributed by atoms with Crippen LogP contribution in [0.15, 0.2) is 0 Å². The van der Waals surface area contributed by atoms with Gasteiger partial charge in [0, 0.05) is 20.0 Å². The third-order valence-electron chi connectivity index (χ3n) is 1.56. The zero-order valence-corrected chi connectivity index (χ0v) is 7.89. The van der Waals surface area contributed by atoms with E-state index >= 15 is 0 Å². The van der Waals surface area contributed by atoms with Gasteiger partial charge >= 0.3 is 0 Å². The SMILES string of the molecule is CCC.CN1CCCCC1=O. The summed E-state index contributed by atoms with van der Waals surface area (Å²) in [4.78, 5) is 12.5. The van der Waals surface area contributed by atoms with Gasteiger partial charge in [-0.15, -0.1) is 0 Å². The second-order valence-electron chi connectivity index (χ2n) is 2.98. The lowest BCUT2D eigenvalue weighted by atomic mass is 10.1. The first-order chi connectivity index (χ1) is 5.22. The van der Waals surface area contributed by atoms with Crippen molar-refractivity contribution >= 4 is 5.91 Å². The van der Waals surface area contributed by atoms with Crippen molar-refractivity contribution in [1.82, 2.24) is 4.90 Å². The summed E-state index contributed by atoms with van der Waals surface area (Å²) in [6.07, 6.45) is 4.28. The minimum Gasteiger partial charge on any atom is -0.346 e. The van der Waals surface area contributed by atoms with Gasteiger partial charge in [0.2, 0.25) is 5.91 Å². The summed E-state index contributed by atoms with van der Waals surface area (Å²) >= 11 is 0. The predicted octanol–water partition coefficient (Wildman–Crippen LogP) is 2.04. The normalized spacial score (nSPS) is 17.4. The van der Waals surface area contributed by atoms with Crippen LogP contribution in [0.1, 0.15) is 39.5 Å². The minimum atomic E-state index is 0.302. The molecular formula is C9H19NO. The molecule has 0 N–H and O–H groups in total. The predicted molar refractivity (Wildman–Crippen MR) is 47.5 cm³/mol. The molecule has 0 radical (unpaired) electrons. The van der Waals surface area contributed by atoms with Crippen molar-refractivity contribution in [1.29, 1.82) is 0 Å². The third kappa shape index (κ3) is 4.82. The monoisotopic (exact) mass is 157 g/mol. The van der Waals surface area contributed by atoms with E-state index in [9.17, 15) is 4.79 Å². The van der Waals surface area contributed by atoms with Crippen LogP contribution in [0.2, 0.25) is 0 Å². The van der Waals surface area contributed by atoms with E-state index in [2.05, 4.69) is 13.8 Å². The van der Waals surface area contributed by atoms with Crippen LogP contribution >= 0.6 is 0 Å². The fraction of sp³-hybridized carbons (Fsp3) is 0.889. The number of piperidine rings is 1. The van der Waals surface area contributed by atoms with Crippen LogP contribution in [-0.2, 0) is 4.79 Å². The van der Waals surface area contributed by atoms with Crippen molar-refractivity contribution in [2.75, 3.05) is 13.6 Å². The lowest BCUT2D eigenvalue weighted by molar-refractivity contribution is -0.131. The smallest absolute Gasteiger partial charge is 0.222 e. The molecular weight excluding hydrogens is 138 g/mol. The summed E-state index contributed by atoms with van der Waals surface area (Å²) in [6, 6.07) is 0. The number of nitrogens with zero attached hydrogens (tertiary/aromatic N) is 1. The van der Waals surface area contributed by atoms with Crippen LogP contribution in [0, 0.1) is 0 Å². The van der Waals surface area contributed by atoms with Crippen molar-refractivity contribution in [2.24, 2.45) is 0 Å². The highest BCUT2D eigenvalue weighted by molar-refractivity contribution is 5.76. The Kier molecular flexibility index (Phi) is 5.90. The second kappa shape index (κ2) is 6.20. The molecule has 0 bridgehead atoms. The molecule has 1 saturated heterocycles. The van der Waals surface area contributed by atoms with Crippen molar-refractivity contribution in [2.45, 2.75) is 39.5 Å². The Labute approximate surface area is 69.6 Å². The van der Waals surface area contributed by atoms with Crippen molar-refractivity contribution in [3.05, 3.63) is 0 Å². The fourth-order valence-electron chi connectivity index (χ4n) is 0.941. The second-order valence-corrected chi connectivity index (χ2v) is 2.98. The maximum Gasteiger partial charge on any atom is 0.222 e. The Morgan fingerprint density at radius 1 is 1.36 bits per heavy atom. The molecule has 2 heteroatoms. The summed E-state index contributed by atoms with van der Waals surface area (Å²) in [5.74, 6) is 0.302. The van der Waals surface area contributed by atoms with E-state index < -0.39 is 0 Å². The molecule has 11 heavy (non-hydrogen) atoms. The van der Waals surface area contributed by atoms with Crippen LogP contribution in [0.4, 0.5) is 0 Å². The van der Waals surface area contributed by atoms with E-state index in [-0.39, 0.29) is 0 Å². The summed E-state index contributed by atoms with van der Waals surface area (Å²) in [7, 11) is 1.86. The van der Waals surface area contributed by atoms with E-state index in [1.165, 1.54) is 12.8 Å². The zero-order valence-electron chi connectivity index (χ0n) is 7.89. The van der Waals surface area contributed by atoms with Gasteiger partial charge in [-0.2, -0.15) is 0 Å². The number of amides is 1. The summed E-state index contributed by atoms with van der Waals surface area (Å²) in [5, 5.41) is 0. The number of carbonyl (C=O) groups is 1. The number of hydrogen-bond donors (Lipinski definition) is 0. The minimum absolute atomic E-state index is 0.302. The van der Waals surface area contributed by atoms with Gasteiger partial charge in [0.15, 0.2) is 0 Å². The highest BCUT2D eigenvalue weighted by atomic mass is 16.2. The number of likely N-dealkylation sites (tertiary alicyclic amines) is 1. The average molecular weight is 157 g/mol. The van der Waals surface area contributed by atoms with E-state index in [4.69, 9.17) is 0 Å². The molecule has 0 aromatic carbocycles. The van der Waals surface area contributed by atoms with E-state index in [0.717, 1.165) is 19.4 Å². The Morgan fingerprint density at radius 3 is 2.18 bits per heavy atom. The molecule has 1 amide bonds. The zero-order chi connectivity index (χ0) is 8.69. The Bertz CT molecular complexity index is 112. The number of hydrogen-bond acceptors (Lipinski definition) is 1. The highest BCUT2D eigenvalue weighted by Crippen LogP contribution is 2.06. The summed E-state index contributed by atoms with van der Waals surface area (Å²) in [5.41, 5.74) is 0. The Balaban J connectivity index is 0.000000292. The average Bonchev–Trinajstić information content (AvgIpc) is 1.97. The molecule has 0 atom stereocenters. The third-order valence-corrected chi connectivity index (χ3v) is 1.56. The van der Waals surface area contributed by atoms with Crippen LogP contribution < -0.4 is 0 Å². The standard InChI is InChI=1S/C6H11NO.C3H8/c1-7-5-3-2-4-6(7)8;1-3-2/h2-5H2,1H3;3H2,1-2H3. The van der Waals surface area contributed by atoms with Gasteiger partial charge in [-0.05, 0) is 12.8 Å². The molecule has 0 aromatic rings. The Morgan fingerprint density at radius 2 is 1.91 bits per heavy atom. The molecule has 1 fully saturated rings. The van der Waals surface area contributed by atoms with Crippen LogP contribution in [0.25, 0.3) is 0 Å². The summed E-state index contributed by atoms with van der Waals surface area (Å²) < 4.78 is 0. The molecule has 1 aliphatic heterocycles. The van der Waals surface area contributed by atoms with Crippen molar-refractivity contribution in [3.8, 4) is 0 Å². The molecule has 66 valence electrons. The topological polar surface area (TPSA) is 20.3 Å². The maximum absolute atomic E-state index is 10.7. The molecule has 2 nitrogen and oxygen atoms in total. The van der Waals surface area contributed by atoms with Gasteiger partial charge in [-0.25, -0.2) is 0 Å². The first kappa shape index (κ1) is 10.5. The van der Waals surface area contributed by atoms with Gasteiger partial charge in [-0.3, -0.25) is 4.79 Å². The quantitative estimate of drug-likeness (QED) is 0.527. The molecule has 0 aliphatic carbocycles. The van der Waals surface area contributed by atoms with Crippen LogP contribution in [0.5, 0.6) is 0 Å². The van der Waals surface area contributed by atoms with Gasteiger partial charge in [0.05, 0.1) is 0 Å². The maximum atomic E-state index is 10.7. The van der Waals surface area contributed by atoms with Crippen molar-refractivity contribution in [3.63, 3.8) is 0 Å². The molecule has 1 rings (SSSR count).